The summed E-state index contributed by atoms with van der Waals surface area (Å²) in [6.07, 6.45) is 0.994. The van der Waals surface area contributed by atoms with Gasteiger partial charge in [-0.15, -0.1) is 0 Å². The van der Waals surface area contributed by atoms with Gasteiger partial charge in [0.15, 0.2) is 5.78 Å². The first-order valence-electron chi connectivity index (χ1n) is 9.65. The maximum absolute atomic E-state index is 13.2. The number of ether oxygens (including phenoxy) is 1. The van der Waals surface area contributed by atoms with Crippen LogP contribution >= 0.6 is 0 Å². The van der Waals surface area contributed by atoms with Gasteiger partial charge in [-0.2, -0.15) is 5.26 Å². The monoisotopic (exact) mass is 385 g/mol. The highest BCUT2D eigenvalue weighted by Gasteiger charge is 2.40. The van der Waals surface area contributed by atoms with Gasteiger partial charge < -0.3 is 15.4 Å². The van der Waals surface area contributed by atoms with Crippen LogP contribution in [0, 0.1) is 11.3 Å². The Bertz CT molecular complexity index is 1040. The van der Waals surface area contributed by atoms with Gasteiger partial charge in [-0.05, 0) is 29.2 Å². The number of nitriles is 1. The van der Waals surface area contributed by atoms with Gasteiger partial charge in [0.2, 0.25) is 5.88 Å². The van der Waals surface area contributed by atoms with Crippen molar-refractivity contribution >= 4 is 11.5 Å². The van der Waals surface area contributed by atoms with Gasteiger partial charge in [0.25, 0.3) is 0 Å². The number of anilines is 1. The molecule has 0 radical (unpaired) electrons. The van der Waals surface area contributed by atoms with Crippen LogP contribution in [0.2, 0.25) is 0 Å². The number of rotatable bonds is 3. The minimum Gasteiger partial charge on any atom is -0.444 e. The number of ketones is 1. The molecule has 2 unspecified atom stereocenters. The Balaban J connectivity index is 1.76. The summed E-state index contributed by atoms with van der Waals surface area (Å²) in [5.74, 6) is 0.268. The molecule has 2 aromatic carbocycles. The third-order valence-corrected chi connectivity index (χ3v) is 5.67. The van der Waals surface area contributed by atoms with Crippen LogP contribution in [0.15, 0.2) is 77.4 Å². The first-order chi connectivity index (χ1) is 14.0. The van der Waals surface area contributed by atoms with Crippen LogP contribution in [-0.4, -0.2) is 19.9 Å². The maximum atomic E-state index is 13.2. The van der Waals surface area contributed by atoms with Crippen LogP contribution in [0.3, 0.4) is 0 Å². The summed E-state index contributed by atoms with van der Waals surface area (Å²) >= 11 is 0. The number of hydrogen-bond acceptors (Lipinski definition) is 5. The molecule has 5 nitrogen and oxygen atoms in total. The largest absolute Gasteiger partial charge is 0.444 e. The smallest absolute Gasteiger partial charge is 0.205 e. The van der Waals surface area contributed by atoms with E-state index in [2.05, 4.69) is 6.07 Å². The lowest BCUT2D eigenvalue weighted by Gasteiger charge is -2.34. The van der Waals surface area contributed by atoms with E-state index in [1.807, 2.05) is 73.6 Å². The van der Waals surface area contributed by atoms with E-state index < -0.39 is 5.92 Å². The molecule has 2 aliphatic rings. The molecule has 0 fully saturated rings. The van der Waals surface area contributed by atoms with Crippen molar-refractivity contribution in [3.05, 3.63) is 88.5 Å². The Labute approximate surface area is 170 Å². The number of Topliss-reactive ketones (excluding diaryl/α,β-unsaturated/α-hetero) is 1. The maximum Gasteiger partial charge on any atom is 0.205 e. The SMILES string of the molecule is CN(C)c1ccc(C2C(C#N)=C(N)OC3=C2C(=O)CC(c2ccccc2)C3)cc1. The first kappa shape index (κ1) is 18.8. The molecule has 1 aliphatic carbocycles. The molecular formula is C24H23N3O2. The summed E-state index contributed by atoms with van der Waals surface area (Å²) in [6.45, 7) is 0. The van der Waals surface area contributed by atoms with Crippen molar-refractivity contribution in [3.8, 4) is 6.07 Å². The molecule has 4 rings (SSSR count). The summed E-state index contributed by atoms with van der Waals surface area (Å²) < 4.78 is 5.82. The molecule has 0 amide bonds. The van der Waals surface area contributed by atoms with Crippen LogP contribution in [0.5, 0.6) is 0 Å². The second kappa shape index (κ2) is 7.48. The number of benzene rings is 2. The lowest BCUT2D eigenvalue weighted by Crippen LogP contribution is -2.29. The molecule has 1 heterocycles. The van der Waals surface area contributed by atoms with Crippen LogP contribution in [0.4, 0.5) is 5.69 Å². The van der Waals surface area contributed by atoms with Gasteiger partial charge in [-0.3, -0.25) is 4.79 Å². The highest BCUT2D eigenvalue weighted by Crippen LogP contribution is 2.46. The van der Waals surface area contributed by atoms with E-state index in [0.717, 1.165) is 16.8 Å². The molecule has 2 atom stereocenters. The van der Waals surface area contributed by atoms with Crippen molar-refractivity contribution in [1.82, 2.24) is 0 Å². The van der Waals surface area contributed by atoms with E-state index in [-0.39, 0.29) is 17.6 Å². The molecule has 146 valence electrons. The summed E-state index contributed by atoms with van der Waals surface area (Å²) in [6, 6.07) is 20.0. The molecule has 0 saturated heterocycles. The normalized spacial score (nSPS) is 21.3. The molecule has 2 aromatic rings. The summed E-state index contributed by atoms with van der Waals surface area (Å²) in [5, 5.41) is 9.73. The minimum absolute atomic E-state index is 0.0158. The van der Waals surface area contributed by atoms with Gasteiger partial charge in [-0.25, -0.2) is 0 Å². The molecule has 0 bridgehead atoms. The van der Waals surface area contributed by atoms with Crippen molar-refractivity contribution in [3.63, 3.8) is 0 Å². The summed E-state index contributed by atoms with van der Waals surface area (Å²) in [5.41, 5.74) is 10.0. The molecule has 0 aromatic heterocycles. The van der Waals surface area contributed by atoms with E-state index in [9.17, 15) is 10.1 Å². The number of nitrogens with zero attached hydrogens (tertiary/aromatic N) is 2. The minimum atomic E-state index is -0.482. The van der Waals surface area contributed by atoms with Gasteiger partial charge >= 0.3 is 0 Å². The number of carbonyl (C=O) groups excluding carboxylic acids is 1. The summed E-state index contributed by atoms with van der Waals surface area (Å²) in [7, 11) is 3.94. The molecule has 2 N–H and O–H groups in total. The van der Waals surface area contributed by atoms with Crippen molar-refractivity contribution < 1.29 is 9.53 Å². The van der Waals surface area contributed by atoms with Gasteiger partial charge in [0, 0.05) is 38.2 Å². The molecule has 29 heavy (non-hydrogen) atoms. The Hall–Kier alpha value is -3.52. The van der Waals surface area contributed by atoms with E-state index in [1.165, 1.54) is 0 Å². The fraction of sp³-hybridized carbons (Fsp3) is 0.250. The topological polar surface area (TPSA) is 79.3 Å². The van der Waals surface area contributed by atoms with Gasteiger partial charge in [0.05, 0.1) is 5.92 Å². The third kappa shape index (κ3) is 3.38. The quantitative estimate of drug-likeness (QED) is 0.865. The first-order valence-corrected chi connectivity index (χ1v) is 9.65. The second-order valence-corrected chi connectivity index (χ2v) is 7.69. The second-order valence-electron chi connectivity index (χ2n) is 7.69. The van der Waals surface area contributed by atoms with Crippen molar-refractivity contribution in [2.45, 2.75) is 24.7 Å². The third-order valence-electron chi connectivity index (χ3n) is 5.67. The van der Waals surface area contributed by atoms with Crippen molar-refractivity contribution in [2.24, 2.45) is 5.73 Å². The Morgan fingerprint density at radius 2 is 1.72 bits per heavy atom. The summed E-state index contributed by atoms with van der Waals surface area (Å²) in [4.78, 5) is 15.2. The highest BCUT2D eigenvalue weighted by atomic mass is 16.5. The van der Waals surface area contributed by atoms with Gasteiger partial charge in [-0.1, -0.05) is 42.5 Å². The Morgan fingerprint density at radius 3 is 2.34 bits per heavy atom. The lowest BCUT2D eigenvalue weighted by atomic mass is 9.73. The number of carbonyl (C=O) groups is 1. The van der Waals surface area contributed by atoms with E-state index in [1.54, 1.807) is 0 Å². The van der Waals surface area contributed by atoms with Crippen LogP contribution in [0.25, 0.3) is 0 Å². The molecular weight excluding hydrogens is 362 g/mol. The molecule has 1 aliphatic heterocycles. The Morgan fingerprint density at radius 1 is 1.03 bits per heavy atom. The van der Waals surface area contributed by atoms with Crippen LogP contribution in [-0.2, 0) is 9.53 Å². The van der Waals surface area contributed by atoms with E-state index in [0.29, 0.717) is 29.7 Å². The molecule has 0 saturated carbocycles. The highest BCUT2D eigenvalue weighted by molar-refractivity contribution is 6.00. The van der Waals surface area contributed by atoms with Crippen molar-refractivity contribution in [1.29, 1.82) is 5.26 Å². The predicted molar refractivity (Wildman–Crippen MR) is 112 cm³/mol. The number of hydrogen-bond donors (Lipinski definition) is 1. The van der Waals surface area contributed by atoms with E-state index in [4.69, 9.17) is 10.5 Å². The number of nitrogens with two attached hydrogens (primary N) is 1. The zero-order chi connectivity index (χ0) is 20.5. The average Bonchev–Trinajstić information content (AvgIpc) is 2.73. The number of allylic oxidation sites excluding steroid dienone is 3. The molecule has 0 spiro atoms. The van der Waals surface area contributed by atoms with Gasteiger partial charge in [0.1, 0.15) is 17.4 Å². The molecule has 5 heteroatoms. The standard InChI is InChI=1S/C24H23N3O2/c1-27(2)18-10-8-16(9-11-18)22-19(14-25)24(26)29-21-13-17(12-20(28)23(21)22)15-6-4-3-5-7-15/h3-11,17,22H,12-13,26H2,1-2H3. The zero-order valence-electron chi connectivity index (χ0n) is 16.6. The van der Waals surface area contributed by atoms with Crippen molar-refractivity contribution in [2.75, 3.05) is 19.0 Å². The fourth-order valence-electron chi connectivity index (χ4n) is 4.17. The predicted octanol–water partition coefficient (Wildman–Crippen LogP) is 3.96. The fourth-order valence-corrected chi connectivity index (χ4v) is 4.17. The Kier molecular flexibility index (Phi) is 4.85. The average molecular weight is 385 g/mol. The lowest BCUT2D eigenvalue weighted by molar-refractivity contribution is -0.117. The van der Waals surface area contributed by atoms with Crippen LogP contribution in [0.1, 0.15) is 35.8 Å². The van der Waals surface area contributed by atoms with E-state index >= 15 is 0 Å². The van der Waals surface area contributed by atoms with Crippen LogP contribution < -0.4 is 10.6 Å². The zero-order valence-corrected chi connectivity index (χ0v) is 16.6.